The van der Waals surface area contributed by atoms with E-state index in [1.54, 1.807) is 0 Å². The fourth-order valence-electron chi connectivity index (χ4n) is 5.29. The Labute approximate surface area is 202 Å². The number of hydrogen-bond donors (Lipinski definition) is 1. The van der Waals surface area contributed by atoms with Gasteiger partial charge in [-0.2, -0.15) is 13.2 Å². The predicted octanol–water partition coefficient (Wildman–Crippen LogP) is 5.99. The van der Waals surface area contributed by atoms with Crippen molar-refractivity contribution < 1.29 is 32.5 Å². The average Bonchev–Trinajstić information content (AvgIpc) is 2.76. The highest BCUT2D eigenvalue weighted by atomic mass is 19.4. The fraction of sp³-hybridized carbons (Fsp3) is 0.519. The summed E-state index contributed by atoms with van der Waals surface area (Å²) in [5, 5.41) is 20.5. The summed E-state index contributed by atoms with van der Waals surface area (Å²) in [6, 6.07) is 2.53. The van der Waals surface area contributed by atoms with Crippen molar-refractivity contribution in [1.29, 1.82) is 0 Å². The van der Waals surface area contributed by atoms with E-state index in [0.717, 1.165) is 34.5 Å². The van der Waals surface area contributed by atoms with Crippen molar-refractivity contribution in [3.05, 3.63) is 69.3 Å². The molecule has 0 radical (unpaired) electrons. The topological polar surface area (TPSA) is 65.2 Å². The van der Waals surface area contributed by atoms with Crippen molar-refractivity contribution in [3.63, 3.8) is 0 Å². The van der Waals surface area contributed by atoms with E-state index in [1.807, 2.05) is 19.9 Å². The highest BCUT2D eigenvalue weighted by Crippen LogP contribution is 2.48. The van der Waals surface area contributed by atoms with E-state index in [1.165, 1.54) is 0 Å². The van der Waals surface area contributed by atoms with Crippen LogP contribution in [0.1, 0.15) is 97.9 Å². The number of pyridine rings is 1. The number of nitrogens with zero attached hydrogens (tertiary/aromatic N) is 1. The van der Waals surface area contributed by atoms with Gasteiger partial charge < -0.3 is 14.9 Å². The molecule has 0 saturated heterocycles. The Morgan fingerprint density at radius 2 is 1.94 bits per heavy atom. The molecule has 1 aromatic carbocycles. The molecule has 8 heteroatoms. The van der Waals surface area contributed by atoms with Gasteiger partial charge in [-0.05, 0) is 53.0 Å². The molecule has 4 nitrogen and oxygen atoms in total. The summed E-state index contributed by atoms with van der Waals surface area (Å²) in [5.41, 5.74) is 2.82. The lowest BCUT2D eigenvalue weighted by molar-refractivity contribution is -0.140. The van der Waals surface area contributed by atoms with Crippen LogP contribution in [0.2, 0.25) is 0 Å². The Hall–Kier alpha value is -2.29. The van der Waals surface area contributed by atoms with Crippen LogP contribution in [0.5, 0.6) is 0 Å². The Bertz CT molecular complexity index is 1150. The predicted molar refractivity (Wildman–Crippen MR) is 126 cm³/mol. The molecule has 1 aromatic heterocycles. The second-order valence-electron chi connectivity index (χ2n) is 10.6. The molecule has 2 atom stereocenters. The van der Waals surface area contributed by atoms with Crippen molar-refractivity contribution in [3.8, 4) is 0 Å². The van der Waals surface area contributed by atoms with Crippen LogP contribution in [0.4, 0.5) is 17.6 Å². The van der Waals surface area contributed by atoms with E-state index < -0.39 is 29.8 Å². The average molecular weight is 495 g/mol. The number of fused-ring (bicyclic) bond motifs is 1. The lowest BCUT2D eigenvalue weighted by atomic mass is 9.71. The van der Waals surface area contributed by atoms with Gasteiger partial charge in [0.2, 0.25) is 0 Å². The second-order valence-corrected chi connectivity index (χ2v) is 10.6. The molecule has 0 fully saturated rings. The number of alkyl halides is 3. The molecular weight excluding hydrogens is 462 g/mol. The van der Waals surface area contributed by atoms with Crippen molar-refractivity contribution in [1.82, 2.24) is 4.98 Å². The minimum absolute atomic E-state index is 0.0192. The van der Waals surface area contributed by atoms with Crippen LogP contribution < -0.4 is 0 Å². The molecule has 35 heavy (non-hydrogen) atoms. The zero-order valence-electron chi connectivity index (χ0n) is 20.4. The third-order valence-corrected chi connectivity index (χ3v) is 6.85. The molecule has 2 aromatic rings. The zero-order chi connectivity index (χ0) is 25.7. The van der Waals surface area contributed by atoms with Gasteiger partial charge in [0, 0.05) is 17.7 Å². The maximum Gasteiger partial charge on any atom is 0.419 e. The number of aromatic nitrogens is 1. The van der Waals surface area contributed by atoms with Gasteiger partial charge in [0.05, 0.1) is 30.0 Å². The largest absolute Gasteiger partial charge is 0.440 e. The molecule has 0 spiro atoms. The lowest BCUT2D eigenvalue weighted by Crippen LogP contribution is -2.30. The van der Waals surface area contributed by atoms with Gasteiger partial charge in [-0.3, -0.25) is 4.98 Å². The fourth-order valence-corrected chi connectivity index (χ4v) is 5.29. The number of rotatable bonds is 4. The summed E-state index contributed by atoms with van der Waals surface area (Å²) >= 11 is 0. The quantitative estimate of drug-likeness (QED) is 0.420. The van der Waals surface area contributed by atoms with Crippen molar-refractivity contribution in [2.24, 2.45) is 5.41 Å². The van der Waals surface area contributed by atoms with Gasteiger partial charge in [-0.15, -0.1) is 0 Å². The van der Waals surface area contributed by atoms with Crippen LogP contribution in [0.3, 0.4) is 0 Å². The van der Waals surface area contributed by atoms with E-state index in [9.17, 15) is 22.7 Å². The van der Waals surface area contributed by atoms with E-state index >= 15 is 0 Å². The van der Waals surface area contributed by atoms with Crippen molar-refractivity contribution >= 4 is 5.57 Å². The van der Waals surface area contributed by atoms with Crippen LogP contribution >= 0.6 is 0 Å². The Morgan fingerprint density at radius 1 is 1.23 bits per heavy atom. The van der Waals surface area contributed by atoms with Crippen molar-refractivity contribution in [2.75, 3.05) is 13.2 Å². The molecule has 2 aliphatic rings. The summed E-state index contributed by atoms with van der Waals surface area (Å²) in [7, 11) is 0. The van der Waals surface area contributed by atoms with Crippen LogP contribution in [-0.2, 0) is 17.3 Å². The number of benzene rings is 1. The number of hydrogen-bond acceptors (Lipinski definition) is 3. The first-order valence-corrected chi connectivity index (χ1v) is 11.9. The highest BCUT2D eigenvalue weighted by molar-refractivity contribution is 5.74. The highest BCUT2D eigenvalue weighted by Gasteiger charge is 2.41. The Kier molecular flexibility index (Phi) is 6.85. The smallest absolute Gasteiger partial charge is 0.419 e. The molecule has 1 aliphatic heterocycles. The first-order valence-electron chi connectivity index (χ1n) is 11.9. The van der Waals surface area contributed by atoms with Gasteiger partial charge in [0.25, 0.3) is 0 Å². The summed E-state index contributed by atoms with van der Waals surface area (Å²) in [4.78, 5) is 4.93. The van der Waals surface area contributed by atoms with Gasteiger partial charge in [-0.25, -0.2) is 4.39 Å². The minimum atomic E-state index is -4.83. The van der Waals surface area contributed by atoms with Crippen LogP contribution in [-0.4, -0.2) is 28.4 Å². The first-order chi connectivity index (χ1) is 16.3. The van der Waals surface area contributed by atoms with E-state index in [0.29, 0.717) is 49.8 Å². The molecule has 0 amide bonds. The second kappa shape index (κ2) is 9.30. The van der Waals surface area contributed by atoms with Gasteiger partial charge in [0.15, 0.2) is 6.10 Å². The molecule has 2 heterocycles. The molecule has 3 N–H and O–H groups in total. The summed E-state index contributed by atoms with van der Waals surface area (Å²) < 4.78 is 59.3. The monoisotopic (exact) mass is 494 g/mol. The molecule has 0 bridgehead atoms. The number of aliphatic hydroxyl groups excluding tert-OH is 1. The Morgan fingerprint density at radius 3 is 2.51 bits per heavy atom. The van der Waals surface area contributed by atoms with Gasteiger partial charge in [0.1, 0.15) is 11.9 Å². The van der Waals surface area contributed by atoms with E-state index in [-0.39, 0.29) is 16.9 Å². The molecule has 2 unspecified atom stereocenters. The lowest BCUT2D eigenvalue weighted by Gasteiger charge is -2.36. The third-order valence-electron chi connectivity index (χ3n) is 6.85. The summed E-state index contributed by atoms with van der Waals surface area (Å²) in [6.07, 6.45) is -3.00. The number of ether oxygens (including phenoxy) is 1. The number of aliphatic hydroxyl groups is 1. The van der Waals surface area contributed by atoms with Crippen LogP contribution in [0.15, 0.2) is 24.3 Å². The van der Waals surface area contributed by atoms with Crippen LogP contribution in [0.25, 0.3) is 5.57 Å². The number of halogens is 4. The van der Waals surface area contributed by atoms with Gasteiger partial charge >= 0.3 is 6.18 Å². The first kappa shape index (κ1) is 25.8. The van der Waals surface area contributed by atoms with Crippen molar-refractivity contribution in [2.45, 2.75) is 71.3 Å². The molecule has 4 rings (SSSR count). The third kappa shape index (κ3) is 5.01. The van der Waals surface area contributed by atoms with E-state index in [4.69, 9.17) is 14.8 Å². The maximum absolute atomic E-state index is 14.5. The normalized spacial score (nSPS) is 21.0. The Balaban J connectivity index is 1.98. The van der Waals surface area contributed by atoms with Crippen LogP contribution in [0, 0.1) is 11.2 Å². The van der Waals surface area contributed by atoms with E-state index in [2.05, 4.69) is 13.8 Å². The zero-order valence-corrected chi connectivity index (χ0v) is 20.4. The summed E-state index contributed by atoms with van der Waals surface area (Å²) in [6.45, 7) is 8.96. The van der Waals surface area contributed by atoms with Gasteiger partial charge in [-0.1, -0.05) is 39.8 Å². The maximum atomic E-state index is 14.5. The molecule has 0 saturated carbocycles. The molecule has 190 valence electrons. The SMILES string of the molecule is CC(C)c1nc2c(c(C3=CCOCC3)c1C(O)c1ccc(C(F)(F)F)c(F)c1)C([OH2+])CC(C)(C)C2. The molecular formula is C27H32F4NO3+. The summed E-state index contributed by atoms with van der Waals surface area (Å²) in [5.74, 6) is -1.55. The standard InChI is InChI=1S/C27H31F4NO3/c1-14(2)24-23(25(34)16-5-6-17(18(28)11-16)27(29,30)31)21(15-7-9-35-10-8-15)22-19(32-24)12-26(3,4)13-20(22)33/h5-7,11,14,20,25,33-34H,8-10,12-13H2,1-4H3/p+1. The molecule has 1 aliphatic carbocycles. The minimum Gasteiger partial charge on any atom is -0.440 e.